The topological polar surface area (TPSA) is 64.6 Å². The molecule has 0 aliphatic rings. The molecule has 0 saturated heterocycles. The van der Waals surface area contributed by atoms with Gasteiger partial charge in [0.1, 0.15) is 11.5 Å². The van der Waals surface area contributed by atoms with Gasteiger partial charge in [0, 0.05) is 39.3 Å². The summed E-state index contributed by atoms with van der Waals surface area (Å²) in [6, 6.07) is 12.3. The van der Waals surface area contributed by atoms with Gasteiger partial charge in [-0.15, -0.1) is 0 Å². The number of methoxy groups -OCH3 is 2. The molecule has 0 saturated carbocycles. The molecule has 0 aliphatic carbocycles. The SMILES string of the molecule is COc1ccc(OC)c(/C=C/C(=O)Nc2cccc(S(C)=O)c2)c1. The summed E-state index contributed by atoms with van der Waals surface area (Å²) >= 11 is 0. The molecule has 126 valence electrons. The Balaban J connectivity index is 2.13. The molecule has 2 aromatic rings. The average molecular weight is 345 g/mol. The van der Waals surface area contributed by atoms with E-state index < -0.39 is 10.8 Å². The highest BCUT2D eigenvalue weighted by Gasteiger charge is 2.04. The molecule has 6 heteroatoms. The molecule has 1 atom stereocenters. The molecule has 0 heterocycles. The molecule has 0 radical (unpaired) electrons. The first-order chi connectivity index (χ1) is 11.5. The number of hydrogen-bond acceptors (Lipinski definition) is 4. The molecule has 0 aromatic heterocycles. The second kappa shape index (κ2) is 8.31. The lowest BCUT2D eigenvalue weighted by Gasteiger charge is -2.07. The van der Waals surface area contributed by atoms with Crippen LogP contribution in [0.25, 0.3) is 6.08 Å². The summed E-state index contributed by atoms with van der Waals surface area (Å²) in [7, 11) is 2.05. The molecule has 0 aliphatic heterocycles. The van der Waals surface area contributed by atoms with Crippen molar-refractivity contribution in [2.24, 2.45) is 0 Å². The summed E-state index contributed by atoms with van der Waals surface area (Å²) in [5, 5.41) is 2.74. The van der Waals surface area contributed by atoms with Gasteiger partial charge in [-0.1, -0.05) is 6.07 Å². The molecule has 1 unspecified atom stereocenters. The van der Waals surface area contributed by atoms with Crippen LogP contribution in [0.2, 0.25) is 0 Å². The smallest absolute Gasteiger partial charge is 0.248 e. The number of carbonyl (C=O) groups is 1. The summed E-state index contributed by atoms with van der Waals surface area (Å²) in [5.41, 5.74) is 1.32. The predicted molar refractivity (Wildman–Crippen MR) is 96.0 cm³/mol. The maximum atomic E-state index is 12.1. The van der Waals surface area contributed by atoms with E-state index in [9.17, 15) is 9.00 Å². The van der Waals surface area contributed by atoms with Crippen LogP contribution in [0.4, 0.5) is 5.69 Å². The quantitative estimate of drug-likeness (QED) is 0.817. The van der Waals surface area contributed by atoms with Gasteiger partial charge in [-0.2, -0.15) is 0 Å². The first kappa shape index (κ1) is 17.7. The molecule has 0 fully saturated rings. The van der Waals surface area contributed by atoms with Crippen LogP contribution in [0.1, 0.15) is 5.56 Å². The van der Waals surface area contributed by atoms with Crippen molar-refractivity contribution >= 4 is 28.5 Å². The van der Waals surface area contributed by atoms with Crippen LogP contribution in [0.5, 0.6) is 11.5 Å². The fraction of sp³-hybridized carbons (Fsp3) is 0.167. The van der Waals surface area contributed by atoms with Gasteiger partial charge in [0.25, 0.3) is 0 Å². The minimum absolute atomic E-state index is 0.293. The van der Waals surface area contributed by atoms with Gasteiger partial charge < -0.3 is 14.8 Å². The third-order valence-electron chi connectivity index (χ3n) is 3.28. The Hall–Kier alpha value is -2.60. The summed E-state index contributed by atoms with van der Waals surface area (Å²) in [6.07, 6.45) is 4.65. The third kappa shape index (κ3) is 4.70. The van der Waals surface area contributed by atoms with Crippen LogP contribution in [-0.4, -0.2) is 30.6 Å². The van der Waals surface area contributed by atoms with Crippen molar-refractivity contribution in [3.05, 3.63) is 54.1 Å². The van der Waals surface area contributed by atoms with Crippen molar-refractivity contribution in [2.75, 3.05) is 25.8 Å². The van der Waals surface area contributed by atoms with Gasteiger partial charge in [-0.25, -0.2) is 0 Å². The number of hydrogen-bond donors (Lipinski definition) is 1. The molecular weight excluding hydrogens is 326 g/mol. The maximum Gasteiger partial charge on any atom is 0.248 e. The van der Waals surface area contributed by atoms with Crippen LogP contribution < -0.4 is 14.8 Å². The Morgan fingerprint density at radius 1 is 1.12 bits per heavy atom. The molecule has 24 heavy (non-hydrogen) atoms. The molecule has 0 spiro atoms. The van der Waals surface area contributed by atoms with Gasteiger partial charge in [-0.05, 0) is 42.5 Å². The Labute approximate surface area is 143 Å². The number of nitrogens with one attached hydrogen (secondary N) is 1. The normalized spacial score (nSPS) is 12.0. The standard InChI is InChI=1S/C18H19NO4S/c1-22-15-8-9-17(23-2)13(11-15)7-10-18(20)19-14-5-4-6-16(12-14)24(3)21/h4-12H,1-3H3,(H,19,20)/b10-7+. The summed E-state index contributed by atoms with van der Waals surface area (Å²) in [4.78, 5) is 12.7. The van der Waals surface area contributed by atoms with E-state index in [0.29, 0.717) is 22.1 Å². The van der Waals surface area contributed by atoms with Crippen LogP contribution in [0, 0.1) is 0 Å². The zero-order valence-electron chi connectivity index (χ0n) is 13.7. The fourth-order valence-electron chi connectivity index (χ4n) is 2.07. The van der Waals surface area contributed by atoms with Gasteiger partial charge in [-0.3, -0.25) is 9.00 Å². The molecule has 2 rings (SSSR count). The lowest BCUT2D eigenvalue weighted by molar-refractivity contribution is -0.111. The van der Waals surface area contributed by atoms with E-state index in [0.717, 1.165) is 5.56 Å². The van der Waals surface area contributed by atoms with Crippen LogP contribution in [0.15, 0.2) is 53.4 Å². The lowest BCUT2D eigenvalue weighted by Crippen LogP contribution is -2.08. The van der Waals surface area contributed by atoms with Gasteiger partial charge >= 0.3 is 0 Å². The first-order valence-corrected chi connectivity index (χ1v) is 8.74. The average Bonchev–Trinajstić information content (AvgIpc) is 2.59. The summed E-state index contributed by atoms with van der Waals surface area (Å²) < 4.78 is 21.9. The highest BCUT2D eigenvalue weighted by molar-refractivity contribution is 7.84. The third-order valence-corrected chi connectivity index (χ3v) is 4.20. The monoisotopic (exact) mass is 345 g/mol. The van der Waals surface area contributed by atoms with Crippen LogP contribution in [-0.2, 0) is 15.6 Å². The fourth-order valence-corrected chi connectivity index (χ4v) is 2.63. The molecule has 0 bridgehead atoms. The minimum Gasteiger partial charge on any atom is -0.497 e. The number of carbonyl (C=O) groups excluding carboxylic acids is 1. The minimum atomic E-state index is -1.10. The molecule has 1 N–H and O–H groups in total. The van der Waals surface area contributed by atoms with Gasteiger partial charge in [0.15, 0.2) is 0 Å². The van der Waals surface area contributed by atoms with Gasteiger partial charge in [0.05, 0.1) is 14.2 Å². The predicted octanol–water partition coefficient (Wildman–Crippen LogP) is 3.09. The molecular formula is C18H19NO4S. The zero-order chi connectivity index (χ0) is 17.5. The number of ether oxygens (including phenoxy) is 2. The largest absolute Gasteiger partial charge is 0.497 e. The van der Waals surface area contributed by atoms with E-state index in [-0.39, 0.29) is 5.91 Å². The van der Waals surface area contributed by atoms with E-state index in [1.165, 1.54) is 6.08 Å². The van der Waals surface area contributed by atoms with E-state index in [4.69, 9.17) is 9.47 Å². The number of rotatable bonds is 6. The zero-order valence-corrected chi connectivity index (χ0v) is 14.6. The second-order valence-electron chi connectivity index (χ2n) is 4.91. The van der Waals surface area contributed by atoms with Crippen molar-refractivity contribution in [1.82, 2.24) is 0 Å². The van der Waals surface area contributed by atoms with E-state index in [1.54, 1.807) is 69.0 Å². The second-order valence-corrected chi connectivity index (χ2v) is 6.29. The van der Waals surface area contributed by atoms with Crippen molar-refractivity contribution < 1.29 is 18.5 Å². The summed E-state index contributed by atoms with van der Waals surface area (Å²) in [5.74, 6) is 1.02. The number of amides is 1. The first-order valence-electron chi connectivity index (χ1n) is 7.18. The molecule has 5 nitrogen and oxygen atoms in total. The number of anilines is 1. The molecule has 2 aromatic carbocycles. The Kier molecular flexibility index (Phi) is 6.14. The Morgan fingerprint density at radius 2 is 1.92 bits per heavy atom. The molecule has 1 amide bonds. The highest BCUT2D eigenvalue weighted by atomic mass is 32.2. The summed E-state index contributed by atoms with van der Waals surface area (Å²) in [6.45, 7) is 0. The van der Waals surface area contributed by atoms with Crippen LogP contribution >= 0.6 is 0 Å². The van der Waals surface area contributed by atoms with Crippen LogP contribution in [0.3, 0.4) is 0 Å². The highest BCUT2D eigenvalue weighted by Crippen LogP contribution is 2.25. The van der Waals surface area contributed by atoms with E-state index >= 15 is 0 Å². The number of benzene rings is 2. The van der Waals surface area contributed by atoms with E-state index in [1.807, 2.05) is 0 Å². The van der Waals surface area contributed by atoms with E-state index in [2.05, 4.69) is 5.32 Å². The van der Waals surface area contributed by atoms with Crippen molar-refractivity contribution in [3.8, 4) is 11.5 Å². The maximum absolute atomic E-state index is 12.1. The van der Waals surface area contributed by atoms with Crippen molar-refractivity contribution in [3.63, 3.8) is 0 Å². The Bertz CT molecular complexity index is 786. The van der Waals surface area contributed by atoms with Crippen molar-refractivity contribution in [2.45, 2.75) is 4.90 Å². The lowest BCUT2D eigenvalue weighted by atomic mass is 10.1. The van der Waals surface area contributed by atoms with Crippen molar-refractivity contribution in [1.29, 1.82) is 0 Å². The Morgan fingerprint density at radius 3 is 2.58 bits per heavy atom. The van der Waals surface area contributed by atoms with Gasteiger partial charge in [0.2, 0.25) is 5.91 Å².